The summed E-state index contributed by atoms with van der Waals surface area (Å²) >= 11 is 0.898. The molecule has 208 valence electrons. The number of hydrogen-bond acceptors (Lipinski definition) is 1. The lowest BCUT2D eigenvalue weighted by Crippen LogP contribution is -2.11. The molecule has 2 aliphatic carbocycles. The van der Waals surface area contributed by atoms with Gasteiger partial charge in [0.1, 0.15) is 0 Å². The maximum Gasteiger partial charge on any atom is 0.417 e. The van der Waals surface area contributed by atoms with Crippen molar-refractivity contribution in [3.05, 3.63) is 57.6 Å². The molecule has 0 saturated heterocycles. The summed E-state index contributed by atoms with van der Waals surface area (Å²) in [6.45, 7) is 3.11. The normalized spacial score (nSPS) is 17.2. The Morgan fingerprint density at radius 3 is 1.28 bits per heavy atom. The average molecular weight is 563 g/mol. The summed E-state index contributed by atoms with van der Waals surface area (Å²) in [4.78, 5) is 0.398. The molecule has 0 amide bonds. The molecule has 0 N–H and O–H groups in total. The van der Waals surface area contributed by atoms with Crippen molar-refractivity contribution in [1.82, 2.24) is 0 Å². The van der Waals surface area contributed by atoms with Crippen molar-refractivity contribution >= 4 is 11.8 Å². The highest BCUT2D eigenvalue weighted by molar-refractivity contribution is 7.99. The molecular weight excluding hydrogens is 530 g/mol. The van der Waals surface area contributed by atoms with E-state index in [-0.39, 0.29) is 32.8 Å². The number of aryl methyl sites for hydroxylation is 2. The fraction of sp³-hybridized carbons (Fsp3) is 0.500. The highest BCUT2D eigenvalue weighted by Gasteiger charge is 2.36. The second kappa shape index (κ2) is 12.3. The second-order valence-electron chi connectivity index (χ2n) is 10.7. The molecule has 2 saturated carbocycles. The van der Waals surface area contributed by atoms with E-state index in [9.17, 15) is 26.3 Å². The largest absolute Gasteiger partial charge is 0.417 e. The van der Waals surface area contributed by atoms with Crippen molar-refractivity contribution in [2.24, 2.45) is 11.8 Å². The third-order valence-corrected chi connectivity index (χ3v) is 8.42. The number of benzene rings is 2. The molecule has 0 unspecified atom stereocenters. The molecule has 2 aromatic rings. The zero-order chi connectivity index (χ0) is 28.2. The van der Waals surface area contributed by atoms with Crippen molar-refractivity contribution < 1.29 is 26.3 Å². The van der Waals surface area contributed by atoms with Gasteiger partial charge in [-0.2, -0.15) is 26.3 Å². The predicted molar refractivity (Wildman–Crippen MR) is 143 cm³/mol. The average Bonchev–Trinajstić information content (AvgIpc) is 2.87. The first-order chi connectivity index (χ1) is 18.4. The maximum atomic E-state index is 14.2. The van der Waals surface area contributed by atoms with Crippen LogP contribution in [0.4, 0.5) is 26.3 Å². The van der Waals surface area contributed by atoms with E-state index in [0.717, 1.165) is 88.1 Å². The van der Waals surface area contributed by atoms with Crippen LogP contribution in [0.5, 0.6) is 0 Å². The Morgan fingerprint density at radius 2 is 0.949 bits per heavy atom. The van der Waals surface area contributed by atoms with Crippen LogP contribution < -0.4 is 0 Å². The highest BCUT2D eigenvalue weighted by atomic mass is 32.2. The van der Waals surface area contributed by atoms with Crippen LogP contribution >= 0.6 is 11.8 Å². The third kappa shape index (κ3) is 7.79. The van der Waals surface area contributed by atoms with E-state index >= 15 is 0 Å². The fourth-order valence-corrected chi connectivity index (χ4v) is 6.59. The van der Waals surface area contributed by atoms with Crippen molar-refractivity contribution in [1.29, 1.82) is 0 Å². The van der Waals surface area contributed by atoms with Gasteiger partial charge in [-0.25, -0.2) is 0 Å². The fourth-order valence-electron chi connectivity index (χ4n) is 5.33. The van der Waals surface area contributed by atoms with Crippen LogP contribution in [-0.4, -0.2) is 0 Å². The van der Waals surface area contributed by atoms with Gasteiger partial charge in [0.2, 0.25) is 0 Å². The first-order valence-corrected chi connectivity index (χ1v) is 14.4. The summed E-state index contributed by atoms with van der Waals surface area (Å²) < 4.78 is 84.9. The molecular formula is C32H32F6S. The van der Waals surface area contributed by atoms with E-state index in [2.05, 4.69) is 23.7 Å². The SMILES string of the molecule is Cc1cc(Sc2cc(C)cc(C(F)(F)F)c2C#CC2CCCCC2)c(C#CC2CCCCC2)c(C(F)(F)F)c1. The van der Waals surface area contributed by atoms with Gasteiger partial charge in [-0.05, 0) is 74.9 Å². The summed E-state index contributed by atoms with van der Waals surface area (Å²) in [5.74, 6) is 11.8. The summed E-state index contributed by atoms with van der Waals surface area (Å²) in [5.41, 5.74) is -1.33. The molecule has 0 atom stereocenters. The molecule has 2 fully saturated rings. The molecule has 0 spiro atoms. The van der Waals surface area contributed by atoms with Crippen molar-refractivity contribution in [3.8, 4) is 23.7 Å². The van der Waals surface area contributed by atoms with Crippen LogP contribution in [0.15, 0.2) is 34.1 Å². The second-order valence-corrected chi connectivity index (χ2v) is 11.8. The van der Waals surface area contributed by atoms with Gasteiger partial charge >= 0.3 is 12.4 Å². The molecule has 39 heavy (non-hydrogen) atoms. The Morgan fingerprint density at radius 1 is 0.590 bits per heavy atom. The molecule has 0 heterocycles. The van der Waals surface area contributed by atoms with Gasteiger partial charge < -0.3 is 0 Å². The molecule has 0 bridgehead atoms. The molecule has 4 rings (SSSR count). The zero-order valence-electron chi connectivity index (χ0n) is 22.2. The number of hydrogen-bond donors (Lipinski definition) is 0. The van der Waals surface area contributed by atoms with Gasteiger partial charge in [0, 0.05) is 21.6 Å². The zero-order valence-corrected chi connectivity index (χ0v) is 23.0. The van der Waals surface area contributed by atoms with Gasteiger partial charge in [0.25, 0.3) is 0 Å². The molecule has 0 nitrogen and oxygen atoms in total. The van der Waals surface area contributed by atoms with E-state index in [4.69, 9.17) is 0 Å². The van der Waals surface area contributed by atoms with Crippen LogP contribution in [0.1, 0.15) is 97.6 Å². The van der Waals surface area contributed by atoms with Crippen molar-refractivity contribution in [2.45, 2.75) is 100 Å². The van der Waals surface area contributed by atoms with Crippen LogP contribution in [0.25, 0.3) is 0 Å². The lowest BCUT2D eigenvalue weighted by atomic mass is 9.89. The number of rotatable bonds is 2. The monoisotopic (exact) mass is 562 g/mol. The smallest absolute Gasteiger partial charge is 0.166 e. The van der Waals surface area contributed by atoms with Crippen molar-refractivity contribution in [2.75, 3.05) is 0 Å². The maximum absolute atomic E-state index is 14.2. The van der Waals surface area contributed by atoms with Gasteiger partial charge in [-0.3, -0.25) is 0 Å². The minimum absolute atomic E-state index is 0.0201. The van der Waals surface area contributed by atoms with E-state index in [0.29, 0.717) is 11.1 Å². The molecule has 7 heteroatoms. The number of alkyl halides is 6. The predicted octanol–water partition coefficient (Wildman–Crippen LogP) is 10.4. The topological polar surface area (TPSA) is 0 Å². The molecule has 0 radical (unpaired) electrons. The standard InChI is InChI=1S/C32H32F6S/c1-21-17-27(31(33,34)35)25(15-13-23-9-5-3-6-10-23)29(19-21)39-30-20-22(2)18-28(32(36,37)38)26(30)16-14-24-11-7-4-8-12-24/h17-20,23-24H,3-12H2,1-2H3. The lowest BCUT2D eigenvalue weighted by molar-refractivity contribution is -0.138. The van der Waals surface area contributed by atoms with E-state index in [1.807, 2.05) is 0 Å². The lowest BCUT2D eigenvalue weighted by Gasteiger charge is -2.19. The summed E-state index contributed by atoms with van der Waals surface area (Å²) in [6.07, 6.45) is 0.243. The first kappa shape index (κ1) is 29.5. The molecule has 2 aromatic carbocycles. The summed E-state index contributed by atoms with van der Waals surface area (Å²) in [6, 6.07) is 5.30. The van der Waals surface area contributed by atoms with E-state index < -0.39 is 23.5 Å². The summed E-state index contributed by atoms with van der Waals surface area (Å²) in [5, 5.41) is 0. The molecule has 0 aliphatic heterocycles. The Kier molecular flexibility index (Phi) is 9.33. The Balaban J connectivity index is 1.85. The summed E-state index contributed by atoms with van der Waals surface area (Å²) in [7, 11) is 0. The molecule has 0 aromatic heterocycles. The first-order valence-electron chi connectivity index (χ1n) is 13.6. The van der Waals surface area contributed by atoms with Crippen LogP contribution in [-0.2, 0) is 12.4 Å². The number of halogens is 6. The van der Waals surface area contributed by atoms with E-state index in [1.165, 1.54) is 0 Å². The van der Waals surface area contributed by atoms with Crippen LogP contribution in [0, 0.1) is 49.4 Å². The van der Waals surface area contributed by atoms with Gasteiger partial charge in [-0.15, -0.1) is 0 Å². The Labute approximate surface area is 231 Å². The third-order valence-electron chi connectivity index (χ3n) is 7.34. The highest BCUT2D eigenvalue weighted by Crippen LogP contribution is 2.43. The van der Waals surface area contributed by atoms with Crippen LogP contribution in [0.3, 0.4) is 0 Å². The van der Waals surface area contributed by atoms with Gasteiger partial charge in [0.15, 0.2) is 0 Å². The van der Waals surface area contributed by atoms with E-state index in [1.54, 1.807) is 26.0 Å². The van der Waals surface area contributed by atoms with Gasteiger partial charge in [0.05, 0.1) is 22.3 Å². The Hall–Kier alpha value is -2.51. The molecule has 2 aliphatic rings. The van der Waals surface area contributed by atoms with Gasteiger partial charge in [-0.1, -0.05) is 74.0 Å². The van der Waals surface area contributed by atoms with Crippen molar-refractivity contribution in [3.63, 3.8) is 0 Å². The minimum Gasteiger partial charge on any atom is -0.166 e. The van der Waals surface area contributed by atoms with Crippen LogP contribution in [0.2, 0.25) is 0 Å². The minimum atomic E-state index is -4.65. The quantitative estimate of drug-likeness (QED) is 0.259. The Bertz CT molecular complexity index is 1200.